The largest absolute Gasteiger partial charge is 0.391 e. The lowest BCUT2D eigenvalue weighted by Crippen LogP contribution is -2.23. The van der Waals surface area contributed by atoms with Crippen LogP contribution >= 0.6 is 0 Å². The van der Waals surface area contributed by atoms with E-state index in [1.54, 1.807) is 6.92 Å². The molecule has 0 amide bonds. The van der Waals surface area contributed by atoms with Crippen molar-refractivity contribution in [1.82, 2.24) is 0 Å². The molecule has 0 aliphatic rings. The van der Waals surface area contributed by atoms with Crippen molar-refractivity contribution in [1.29, 1.82) is 0 Å². The molecule has 1 unspecified atom stereocenters. The summed E-state index contributed by atoms with van der Waals surface area (Å²) < 4.78 is 0. The van der Waals surface area contributed by atoms with E-state index in [4.69, 9.17) is 5.73 Å². The van der Waals surface area contributed by atoms with Gasteiger partial charge in [0, 0.05) is 0 Å². The predicted octanol–water partition coefficient (Wildman–Crippen LogP) is 2.19. The molecule has 2 nitrogen and oxygen atoms in total. The molecule has 0 radical (unpaired) electrons. The van der Waals surface area contributed by atoms with Gasteiger partial charge in [0.15, 0.2) is 0 Å². The molecule has 0 saturated heterocycles. The van der Waals surface area contributed by atoms with E-state index in [2.05, 4.69) is 26.0 Å². The SMILES string of the molecule is CC(C)c1ccc([C@@H](N)C(C)O)cc1. The van der Waals surface area contributed by atoms with Crippen LogP contribution in [0.4, 0.5) is 0 Å². The minimum absolute atomic E-state index is 0.281. The van der Waals surface area contributed by atoms with E-state index in [1.165, 1.54) is 5.56 Å². The minimum Gasteiger partial charge on any atom is -0.391 e. The van der Waals surface area contributed by atoms with Gasteiger partial charge in [-0.15, -0.1) is 0 Å². The van der Waals surface area contributed by atoms with Gasteiger partial charge >= 0.3 is 0 Å². The smallest absolute Gasteiger partial charge is 0.0704 e. The zero-order chi connectivity index (χ0) is 10.7. The summed E-state index contributed by atoms with van der Waals surface area (Å²) in [6, 6.07) is 7.85. The predicted molar refractivity (Wildman–Crippen MR) is 59.1 cm³/mol. The zero-order valence-corrected chi connectivity index (χ0v) is 9.07. The number of aliphatic hydroxyl groups is 1. The van der Waals surface area contributed by atoms with Crippen LogP contribution in [0.2, 0.25) is 0 Å². The Kier molecular flexibility index (Phi) is 3.67. The molecule has 1 aromatic carbocycles. The molecule has 2 atom stereocenters. The molecule has 1 aromatic rings. The molecule has 0 fully saturated rings. The molecular weight excluding hydrogens is 174 g/mol. The molecule has 0 spiro atoms. The number of aliphatic hydroxyl groups excluding tert-OH is 1. The lowest BCUT2D eigenvalue weighted by Gasteiger charge is -2.15. The Hall–Kier alpha value is -0.860. The molecule has 0 heterocycles. The first kappa shape index (κ1) is 11.2. The van der Waals surface area contributed by atoms with Crippen molar-refractivity contribution < 1.29 is 5.11 Å². The van der Waals surface area contributed by atoms with Gasteiger partial charge in [0.05, 0.1) is 12.1 Å². The number of hydrogen-bond acceptors (Lipinski definition) is 2. The van der Waals surface area contributed by atoms with Crippen LogP contribution in [0.25, 0.3) is 0 Å². The summed E-state index contributed by atoms with van der Waals surface area (Å²) in [6.45, 7) is 6.02. The topological polar surface area (TPSA) is 46.2 Å². The second-order valence-electron chi connectivity index (χ2n) is 4.09. The van der Waals surface area contributed by atoms with Crippen molar-refractivity contribution in [2.45, 2.75) is 38.8 Å². The summed E-state index contributed by atoms with van der Waals surface area (Å²) in [5.74, 6) is 0.534. The molecule has 0 aliphatic carbocycles. The quantitative estimate of drug-likeness (QED) is 0.773. The van der Waals surface area contributed by atoms with E-state index in [-0.39, 0.29) is 6.04 Å². The summed E-state index contributed by atoms with van der Waals surface area (Å²) in [7, 11) is 0. The Labute approximate surface area is 85.8 Å². The van der Waals surface area contributed by atoms with Gasteiger partial charge in [0.25, 0.3) is 0 Å². The molecule has 2 heteroatoms. The lowest BCUT2D eigenvalue weighted by molar-refractivity contribution is 0.164. The van der Waals surface area contributed by atoms with Crippen LogP contribution in [0.3, 0.4) is 0 Å². The first-order valence-corrected chi connectivity index (χ1v) is 5.06. The van der Waals surface area contributed by atoms with Gasteiger partial charge in [-0.2, -0.15) is 0 Å². The minimum atomic E-state index is -0.500. The van der Waals surface area contributed by atoms with Crippen LogP contribution in [0.15, 0.2) is 24.3 Å². The maximum atomic E-state index is 9.33. The number of hydrogen-bond donors (Lipinski definition) is 2. The first-order chi connectivity index (χ1) is 6.52. The van der Waals surface area contributed by atoms with E-state index >= 15 is 0 Å². The lowest BCUT2D eigenvalue weighted by atomic mass is 9.98. The summed E-state index contributed by atoms with van der Waals surface area (Å²) in [4.78, 5) is 0. The van der Waals surface area contributed by atoms with Crippen LogP contribution < -0.4 is 5.73 Å². The fourth-order valence-electron chi connectivity index (χ4n) is 1.38. The highest BCUT2D eigenvalue weighted by Gasteiger charge is 2.11. The fraction of sp³-hybridized carbons (Fsp3) is 0.500. The first-order valence-electron chi connectivity index (χ1n) is 5.06. The Balaban J connectivity index is 2.83. The summed E-state index contributed by atoms with van der Waals surface area (Å²) in [5, 5.41) is 9.33. The Morgan fingerprint density at radius 1 is 1.00 bits per heavy atom. The highest BCUT2D eigenvalue weighted by molar-refractivity contribution is 5.27. The number of benzene rings is 1. The van der Waals surface area contributed by atoms with Crippen LogP contribution in [0.5, 0.6) is 0 Å². The molecular formula is C12H19NO. The average molecular weight is 193 g/mol. The van der Waals surface area contributed by atoms with E-state index in [0.717, 1.165) is 5.56 Å². The molecule has 0 aliphatic heterocycles. The average Bonchev–Trinajstić information content (AvgIpc) is 2.16. The van der Waals surface area contributed by atoms with Crippen LogP contribution in [-0.2, 0) is 0 Å². The van der Waals surface area contributed by atoms with E-state index < -0.39 is 6.10 Å². The standard InChI is InChI=1S/C12H19NO/c1-8(2)10-4-6-11(7-5-10)12(13)9(3)14/h4-9,12,14H,13H2,1-3H3/t9?,12-/m0/s1. The zero-order valence-electron chi connectivity index (χ0n) is 9.07. The van der Waals surface area contributed by atoms with Gasteiger partial charge < -0.3 is 10.8 Å². The van der Waals surface area contributed by atoms with Gasteiger partial charge in [-0.25, -0.2) is 0 Å². The molecule has 0 bridgehead atoms. The highest BCUT2D eigenvalue weighted by atomic mass is 16.3. The third-order valence-corrected chi connectivity index (χ3v) is 2.51. The van der Waals surface area contributed by atoms with E-state index in [1.807, 2.05) is 12.1 Å². The van der Waals surface area contributed by atoms with Gasteiger partial charge in [-0.3, -0.25) is 0 Å². The normalized spacial score (nSPS) is 15.6. The molecule has 0 saturated carbocycles. The molecule has 3 N–H and O–H groups in total. The molecule has 78 valence electrons. The number of nitrogens with two attached hydrogens (primary N) is 1. The van der Waals surface area contributed by atoms with Crippen molar-refractivity contribution >= 4 is 0 Å². The second-order valence-corrected chi connectivity index (χ2v) is 4.09. The maximum absolute atomic E-state index is 9.33. The fourth-order valence-corrected chi connectivity index (χ4v) is 1.38. The van der Waals surface area contributed by atoms with Gasteiger partial charge in [0.2, 0.25) is 0 Å². The summed E-state index contributed by atoms with van der Waals surface area (Å²) in [5.41, 5.74) is 8.10. The Morgan fingerprint density at radius 3 is 1.79 bits per heavy atom. The van der Waals surface area contributed by atoms with Crippen molar-refractivity contribution in [3.63, 3.8) is 0 Å². The van der Waals surface area contributed by atoms with Crippen molar-refractivity contribution in [3.05, 3.63) is 35.4 Å². The maximum Gasteiger partial charge on any atom is 0.0704 e. The van der Waals surface area contributed by atoms with Gasteiger partial charge in [-0.05, 0) is 24.0 Å². The Bertz CT molecular complexity index is 277. The third-order valence-electron chi connectivity index (χ3n) is 2.51. The van der Waals surface area contributed by atoms with E-state index in [0.29, 0.717) is 5.92 Å². The van der Waals surface area contributed by atoms with Crippen molar-refractivity contribution in [2.24, 2.45) is 5.73 Å². The number of rotatable bonds is 3. The molecule has 14 heavy (non-hydrogen) atoms. The molecule has 0 aromatic heterocycles. The third kappa shape index (κ3) is 2.56. The highest BCUT2D eigenvalue weighted by Crippen LogP contribution is 2.19. The summed E-state index contributed by atoms with van der Waals surface area (Å²) in [6.07, 6.45) is -0.500. The van der Waals surface area contributed by atoms with Crippen LogP contribution in [0, 0.1) is 0 Å². The monoisotopic (exact) mass is 193 g/mol. The van der Waals surface area contributed by atoms with Crippen LogP contribution in [0.1, 0.15) is 43.9 Å². The van der Waals surface area contributed by atoms with Crippen molar-refractivity contribution in [3.8, 4) is 0 Å². The van der Waals surface area contributed by atoms with Crippen molar-refractivity contribution in [2.75, 3.05) is 0 Å². The van der Waals surface area contributed by atoms with Gasteiger partial charge in [-0.1, -0.05) is 38.1 Å². The summed E-state index contributed by atoms with van der Waals surface area (Å²) >= 11 is 0. The van der Waals surface area contributed by atoms with E-state index in [9.17, 15) is 5.11 Å². The molecule has 1 rings (SSSR count). The second kappa shape index (κ2) is 4.58. The van der Waals surface area contributed by atoms with Crippen LogP contribution in [-0.4, -0.2) is 11.2 Å². The Morgan fingerprint density at radius 2 is 1.43 bits per heavy atom. The van der Waals surface area contributed by atoms with Gasteiger partial charge in [0.1, 0.15) is 0 Å².